The van der Waals surface area contributed by atoms with Crippen molar-refractivity contribution < 1.29 is 4.79 Å². The van der Waals surface area contributed by atoms with Gasteiger partial charge in [0.2, 0.25) is 0 Å². The average Bonchev–Trinajstić information content (AvgIpc) is 2.69. The number of anilines is 2. The third-order valence-electron chi connectivity index (χ3n) is 4.30. The largest absolute Gasteiger partial charge is 0.360 e. The monoisotopic (exact) mass is 347 g/mol. The molecule has 25 heavy (non-hydrogen) atoms. The molecule has 1 aromatic heterocycles. The summed E-state index contributed by atoms with van der Waals surface area (Å²) in [5.74, 6) is -0.0144. The maximum atomic E-state index is 13.2. The van der Waals surface area contributed by atoms with Gasteiger partial charge in [0.1, 0.15) is 6.17 Å². The van der Waals surface area contributed by atoms with E-state index in [4.69, 9.17) is 0 Å². The number of nitrogens with one attached hydrogen (secondary N) is 1. The van der Waals surface area contributed by atoms with Crippen molar-refractivity contribution in [3.05, 3.63) is 84.2 Å². The van der Waals surface area contributed by atoms with Crippen molar-refractivity contribution in [2.24, 2.45) is 0 Å². The fourth-order valence-corrected chi connectivity index (χ4v) is 3.45. The first-order valence-electron chi connectivity index (χ1n) is 8.01. The SMILES string of the molecule is CSc1ccc(C2Nc3ccccc3C(=O)N2c2ccncc2)cc1. The van der Waals surface area contributed by atoms with Gasteiger partial charge < -0.3 is 5.32 Å². The van der Waals surface area contributed by atoms with Crippen molar-refractivity contribution in [3.8, 4) is 0 Å². The Balaban J connectivity index is 1.82. The van der Waals surface area contributed by atoms with Crippen molar-refractivity contribution in [1.82, 2.24) is 4.98 Å². The number of amides is 1. The van der Waals surface area contributed by atoms with Crippen molar-refractivity contribution in [2.45, 2.75) is 11.1 Å². The van der Waals surface area contributed by atoms with E-state index >= 15 is 0 Å². The second-order valence-electron chi connectivity index (χ2n) is 5.75. The molecule has 1 atom stereocenters. The zero-order valence-corrected chi connectivity index (χ0v) is 14.5. The molecular formula is C20H17N3OS. The Bertz CT molecular complexity index is 896. The molecule has 1 unspecified atom stereocenters. The van der Waals surface area contributed by atoms with Crippen LogP contribution in [0.15, 0.2) is 78.0 Å². The zero-order valence-electron chi connectivity index (χ0n) is 13.7. The lowest BCUT2D eigenvalue weighted by Crippen LogP contribution is -2.43. The van der Waals surface area contributed by atoms with Gasteiger partial charge in [0.15, 0.2) is 0 Å². The number of hydrogen-bond donors (Lipinski definition) is 1. The van der Waals surface area contributed by atoms with Crippen molar-refractivity contribution in [3.63, 3.8) is 0 Å². The Hall–Kier alpha value is -2.79. The highest BCUT2D eigenvalue weighted by molar-refractivity contribution is 7.98. The predicted octanol–water partition coefficient (Wildman–Crippen LogP) is 4.57. The third kappa shape index (κ3) is 2.87. The van der Waals surface area contributed by atoms with E-state index in [0.717, 1.165) is 16.9 Å². The number of pyridine rings is 1. The Kier molecular flexibility index (Phi) is 4.15. The highest BCUT2D eigenvalue weighted by atomic mass is 32.2. The number of rotatable bonds is 3. The summed E-state index contributed by atoms with van der Waals surface area (Å²) in [7, 11) is 0. The van der Waals surface area contributed by atoms with Gasteiger partial charge >= 0.3 is 0 Å². The number of carbonyl (C=O) groups is 1. The van der Waals surface area contributed by atoms with Crippen molar-refractivity contribution >= 4 is 29.0 Å². The number of thioether (sulfide) groups is 1. The van der Waals surface area contributed by atoms with Crippen LogP contribution in [0.5, 0.6) is 0 Å². The van der Waals surface area contributed by atoms with Gasteiger partial charge in [-0.2, -0.15) is 0 Å². The Labute approximate surface area is 150 Å². The molecule has 1 N–H and O–H groups in total. The maximum absolute atomic E-state index is 13.2. The van der Waals surface area contributed by atoms with Crippen LogP contribution in [0.3, 0.4) is 0 Å². The van der Waals surface area contributed by atoms with Crippen LogP contribution >= 0.6 is 11.8 Å². The molecular weight excluding hydrogens is 330 g/mol. The van der Waals surface area contributed by atoms with E-state index in [0.29, 0.717) is 5.56 Å². The maximum Gasteiger partial charge on any atom is 0.262 e. The number of nitrogens with zero attached hydrogens (tertiary/aromatic N) is 2. The van der Waals surface area contributed by atoms with E-state index in [2.05, 4.69) is 40.8 Å². The lowest BCUT2D eigenvalue weighted by Gasteiger charge is -2.38. The molecule has 2 aromatic carbocycles. The Morgan fingerprint density at radius 1 is 1.00 bits per heavy atom. The summed E-state index contributed by atoms with van der Waals surface area (Å²) in [5.41, 5.74) is 3.39. The minimum atomic E-state index is -0.263. The topological polar surface area (TPSA) is 45.2 Å². The molecule has 124 valence electrons. The second-order valence-corrected chi connectivity index (χ2v) is 6.63. The minimum Gasteiger partial charge on any atom is -0.360 e. The van der Waals surface area contributed by atoms with E-state index in [9.17, 15) is 4.79 Å². The van der Waals surface area contributed by atoms with Crippen molar-refractivity contribution in [1.29, 1.82) is 0 Å². The van der Waals surface area contributed by atoms with Gasteiger partial charge in [0.05, 0.1) is 5.56 Å². The lowest BCUT2D eigenvalue weighted by molar-refractivity contribution is 0.0975. The van der Waals surface area contributed by atoms with Crippen molar-refractivity contribution in [2.75, 3.05) is 16.5 Å². The van der Waals surface area contributed by atoms with Gasteiger partial charge in [-0.05, 0) is 48.2 Å². The first-order chi connectivity index (χ1) is 12.3. The lowest BCUT2D eigenvalue weighted by atomic mass is 10.0. The van der Waals surface area contributed by atoms with E-state index in [1.807, 2.05) is 36.4 Å². The van der Waals surface area contributed by atoms with Crippen LogP contribution in [0.1, 0.15) is 22.1 Å². The fraction of sp³-hybridized carbons (Fsp3) is 0.100. The number of hydrogen-bond acceptors (Lipinski definition) is 4. The van der Waals surface area contributed by atoms with E-state index in [-0.39, 0.29) is 12.1 Å². The van der Waals surface area contributed by atoms with Crippen LogP contribution in [0.4, 0.5) is 11.4 Å². The summed E-state index contributed by atoms with van der Waals surface area (Å²) in [6.07, 6.45) is 5.20. The predicted molar refractivity (Wildman–Crippen MR) is 102 cm³/mol. The molecule has 5 heteroatoms. The molecule has 1 aliphatic rings. The fourth-order valence-electron chi connectivity index (χ4n) is 3.04. The molecule has 0 radical (unpaired) electrons. The van der Waals surface area contributed by atoms with Gasteiger partial charge in [-0.1, -0.05) is 24.3 Å². The quantitative estimate of drug-likeness (QED) is 0.705. The molecule has 4 rings (SSSR count). The summed E-state index contributed by atoms with van der Waals surface area (Å²) in [4.78, 5) is 20.2. The van der Waals surface area contributed by atoms with Crippen LogP contribution in [-0.4, -0.2) is 17.1 Å². The molecule has 1 aliphatic heterocycles. The van der Waals surface area contributed by atoms with Gasteiger partial charge in [0, 0.05) is 28.7 Å². The molecule has 0 saturated heterocycles. The molecule has 3 aromatic rings. The zero-order chi connectivity index (χ0) is 17.2. The van der Waals surface area contributed by atoms with E-state index in [1.54, 1.807) is 29.1 Å². The summed E-state index contributed by atoms with van der Waals surface area (Å²) in [6, 6.07) is 19.6. The minimum absolute atomic E-state index is 0.0144. The molecule has 1 amide bonds. The van der Waals surface area contributed by atoms with Crippen LogP contribution in [0.25, 0.3) is 0 Å². The molecule has 0 aliphatic carbocycles. The summed E-state index contributed by atoms with van der Waals surface area (Å²) >= 11 is 1.70. The number of para-hydroxylation sites is 1. The smallest absolute Gasteiger partial charge is 0.262 e. The molecule has 0 spiro atoms. The van der Waals surface area contributed by atoms with Crippen LogP contribution in [0, 0.1) is 0 Å². The van der Waals surface area contributed by atoms with Crippen LogP contribution < -0.4 is 10.2 Å². The highest BCUT2D eigenvalue weighted by Crippen LogP contribution is 2.36. The van der Waals surface area contributed by atoms with Crippen LogP contribution in [0.2, 0.25) is 0 Å². The van der Waals surface area contributed by atoms with Gasteiger partial charge in [-0.25, -0.2) is 0 Å². The van der Waals surface area contributed by atoms with E-state index < -0.39 is 0 Å². The number of benzene rings is 2. The molecule has 0 bridgehead atoms. The summed E-state index contributed by atoms with van der Waals surface area (Å²) in [5, 5.41) is 3.51. The molecule has 2 heterocycles. The standard InChI is InChI=1S/C20H17N3OS/c1-25-16-8-6-14(7-9-16)19-22-18-5-3-2-4-17(18)20(24)23(19)15-10-12-21-13-11-15/h2-13,19,22H,1H3. The van der Waals surface area contributed by atoms with Gasteiger partial charge in [-0.3, -0.25) is 14.7 Å². The van der Waals surface area contributed by atoms with E-state index in [1.165, 1.54) is 4.90 Å². The first-order valence-corrected chi connectivity index (χ1v) is 9.23. The average molecular weight is 347 g/mol. The third-order valence-corrected chi connectivity index (χ3v) is 5.04. The molecule has 0 saturated carbocycles. The van der Waals surface area contributed by atoms with Crippen LogP contribution in [-0.2, 0) is 0 Å². The first kappa shape index (κ1) is 15.7. The Morgan fingerprint density at radius 3 is 2.44 bits per heavy atom. The second kappa shape index (κ2) is 6.61. The van der Waals surface area contributed by atoms with Gasteiger partial charge in [0.25, 0.3) is 5.91 Å². The number of fused-ring (bicyclic) bond motifs is 1. The Morgan fingerprint density at radius 2 is 1.72 bits per heavy atom. The summed E-state index contributed by atoms with van der Waals surface area (Å²) < 4.78 is 0. The van der Waals surface area contributed by atoms with Gasteiger partial charge in [-0.15, -0.1) is 11.8 Å². The number of carbonyl (C=O) groups excluding carboxylic acids is 1. The molecule has 0 fully saturated rings. The highest BCUT2D eigenvalue weighted by Gasteiger charge is 2.33. The molecule has 4 nitrogen and oxygen atoms in total. The summed E-state index contributed by atoms with van der Waals surface area (Å²) in [6.45, 7) is 0. The number of aromatic nitrogens is 1. The normalized spacial score (nSPS) is 16.3.